The van der Waals surface area contributed by atoms with E-state index in [1.54, 1.807) is 0 Å². The summed E-state index contributed by atoms with van der Waals surface area (Å²) in [5, 5.41) is 3.28. The molecule has 0 aliphatic heterocycles. The molecule has 1 fully saturated rings. The van der Waals surface area contributed by atoms with Crippen molar-refractivity contribution >= 4 is 0 Å². The van der Waals surface area contributed by atoms with Crippen molar-refractivity contribution in [1.82, 2.24) is 5.32 Å². The van der Waals surface area contributed by atoms with Crippen LogP contribution in [0.25, 0.3) is 0 Å². The fourth-order valence-corrected chi connectivity index (χ4v) is 3.36. The maximum atomic E-state index is 13.5. The van der Waals surface area contributed by atoms with Crippen molar-refractivity contribution in [2.45, 2.75) is 63.3 Å². The average Bonchev–Trinajstić information content (AvgIpc) is 2.30. The van der Waals surface area contributed by atoms with Crippen LogP contribution in [0.1, 0.15) is 51.4 Å². The van der Waals surface area contributed by atoms with Gasteiger partial charge in [0.05, 0.1) is 0 Å². The Bertz CT molecular complexity index is 286. The number of allylic oxidation sites excluding steroid dienone is 1. The highest BCUT2D eigenvalue weighted by Crippen LogP contribution is 2.40. The first-order chi connectivity index (χ1) is 8.12. The van der Waals surface area contributed by atoms with Crippen LogP contribution in [-0.4, -0.2) is 19.0 Å². The topological polar surface area (TPSA) is 12.0 Å². The van der Waals surface area contributed by atoms with Crippen LogP contribution in [-0.2, 0) is 0 Å². The van der Waals surface area contributed by atoms with Gasteiger partial charge >= 0.3 is 0 Å². The van der Waals surface area contributed by atoms with Gasteiger partial charge < -0.3 is 5.32 Å². The lowest BCUT2D eigenvalue weighted by atomic mass is 9.77. The Morgan fingerprint density at radius 1 is 1.35 bits per heavy atom. The number of alkyl halides is 2. The number of halogens is 2. The van der Waals surface area contributed by atoms with E-state index in [1.807, 2.05) is 7.05 Å². The number of nitrogens with one attached hydrogen (secondary N) is 1. The monoisotopic (exact) mass is 243 g/mol. The third kappa shape index (κ3) is 3.27. The third-order valence-corrected chi connectivity index (χ3v) is 4.19. The second-order valence-corrected chi connectivity index (χ2v) is 5.50. The van der Waals surface area contributed by atoms with Crippen LogP contribution >= 0.6 is 0 Å². The van der Waals surface area contributed by atoms with Crippen LogP contribution in [0.5, 0.6) is 0 Å². The molecule has 0 heterocycles. The van der Waals surface area contributed by atoms with Gasteiger partial charge in [-0.1, -0.05) is 11.6 Å². The Morgan fingerprint density at radius 2 is 2.18 bits per heavy atom. The molecule has 1 nitrogen and oxygen atoms in total. The standard InChI is InChI=1S/C14H23F2N/c1-17-13(11-6-3-2-4-7-11)12-8-5-9-14(15,16)10-12/h6,12-13,17H,2-5,7-10H2,1H3. The van der Waals surface area contributed by atoms with Gasteiger partial charge in [0.15, 0.2) is 0 Å². The molecular formula is C14H23F2N. The Morgan fingerprint density at radius 3 is 2.76 bits per heavy atom. The van der Waals surface area contributed by atoms with Crippen LogP contribution in [0.4, 0.5) is 8.78 Å². The molecule has 1 N–H and O–H groups in total. The fraction of sp³-hybridized carbons (Fsp3) is 0.857. The van der Waals surface area contributed by atoms with E-state index in [9.17, 15) is 8.78 Å². The highest BCUT2D eigenvalue weighted by molar-refractivity contribution is 5.15. The molecule has 0 radical (unpaired) electrons. The van der Waals surface area contributed by atoms with E-state index >= 15 is 0 Å². The minimum atomic E-state index is -2.44. The minimum absolute atomic E-state index is 0.0653. The molecule has 0 aromatic heterocycles. The summed E-state index contributed by atoms with van der Waals surface area (Å²) >= 11 is 0. The smallest absolute Gasteiger partial charge is 0.248 e. The third-order valence-electron chi connectivity index (χ3n) is 4.19. The molecule has 0 saturated heterocycles. The van der Waals surface area contributed by atoms with Crippen molar-refractivity contribution in [2.75, 3.05) is 7.05 Å². The number of hydrogen-bond donors (Lipinski definition) is 1. The zero-order chi connectivity index (χ0) is 12.3. The van der Waals surface area contributed by atoms with Gasteiger partial charge in [0.2, 0.25) is 5.92 Å². The molecule has 1 saturated carbocycles. The molecule has 0 amide bonds. The van der Waals surface area contributed by atoms with Crippen LogP contribution in [0.2, 0.25) is 0 Å². The lowest BCUT2D eigenvalue weighted by Gasteiger charge is -2.36. The molecule has 17 heavy (non-hydrogen) atoms. The average molecular weight is 243 g/mol. The second-order valence-electron chi connectivity index (χ2n) is 5.50. The van der Waals surface area contributed by atoms with E-state index in [4.69, 9.17) is 0 Å². The van der Waals surface area contributed by atoms with Gasteiger partial charge in [-0.15, -0.1) is 0 Å². The van der Waals surface area contributed by atoms with Gasteiger partial charge in [-0.25, -0.2) is 8.78 Å². The molecule has 3 heteroatoms. The van der Waals surface area contributed by atoms with Gasteiger partial charge in [-0.2, -0.15) is 0 Å². The van der Waals surface area contributed by atoms with Crippen LogP contribution in [0.15, 0.2) is 11.6 Å². The van der Waals surface area contributed by atoms with E-state index in [2.05, 4.69) is 11.4 Å². The summed E-state index contributed by atoms with van der Waals surface area (Å²) in [6.45, 7) is 0. The largest absolute Gasteiger partial charge is 0.313 e. The highest BCUT2D eigenvalue weighted by atomic mass is 19.3. The van der Waals surface area contributed by atoms with Gasteiger partial charge in [-0.3, -0.25) is 0 Å². The molecule has 0 aromatic carbocycles. The predicted octanol–water partition coefficient (Wildman–Crippen LogP) is 3.90. The maximum absolute atomic E-state index is 13.5. The number of hydrogen-bond acceptors (Lipinski definition) is 1. The first-order valence-corrected chi connectivity index (χ1v) is 6.86. The van der Waals surface area contributed by atoms with Gasteiger partial charge in [0.1, 0.15) is 0 Å². The Kier molecular flexibility index (Phi) is 4.18. The predicted molar refractivity (Wildman–Crippen MR) is 66.3 cm³/mol. The zero-order valence-electron chi connectivity index (χ0n) is 10.6. The summed E-state index contributed by atoms with van der Waals surface area (Å²) in [6.07, 6.45) is 8.71. The van der Waals surface area contributed by atoms with Crippen LogP contribution in [0.3, 0.4) is 0 Å². The number of rotatable bonds is 3. The Labute approximate surface area is 103 Å². The number of likely N-dealkylation sites (N-methyl/N-ethyl adjacent to an activating group) is 1. The SMILES string of the molecule is CNC(C1=CCCCC1)C1CCCC(F)(F)C1. The lowest BCUT2D eigenvalue weighted by molar-refractivity contribution is -0.0560. The van der Waals surface area contributed by atoms with Crippen molar-refractivity contribution in [3.05, 3.63) is 11.6 Å². The fourth-order valence-electron chi connectivity index (χ4n) is 3.36. The van der Waals surface area contributed by atoms with E-state index in [0.717, 1.165) is 19.3 Å². The summed E-state index contributed by atoms with van der Waals surface area (Å²) in [6, 6.07) is 0.182. The minimum Gasteiger partial charge on any atom is -0.313 e. The van der Waals surface area contributed by atoms with E-state index in [0.29, 0.717) is 6.42 Å². The molecule has 0 aromatic rings. The highest BCUT2D eigenvalue weighted by Gasteiger charge is 2.39. The van der Waals surface area contributed by atoms with Crippen molar-refractivity contribution < 1.29 is 8.78 Å². The lowest BCUT2D eigenvalue weighted by Crippen LogP contribution is -2.41. The van der Waals surface area contributed by atoms with Crippen molar-refractivity contribution in [1.29, 1.82) is 0 Å². The molecule has 2 rings (SSSR count). The summed E-state index contributed by atoms with van der Waals surface area (Å²) in [4.78, 5) is 0. The summed E-state index contributed by atoms with van der Waals surface area (Å²) < 4.78 is 26.9. The molecule has 2 aliphatic carbocycles. The first kappa shape index (κ1) is 13.0. The quantitative estimate of drug-likeness (QED) is 0.741. The Balaban J connectivity index is 2.04. The van der Waals surface area contributed by atoms with Crippen LogP contribution < -0.4 is 5.32 Å². The van der Waals surface area contributed by atoms with E-state index in [1.165, 1.54) is 18.4 Å². The van der Waals surface area contributed by atoms with Crippen molar-refractivity contribution in [2.24, 2.45) is 5.92 Å². The molecular weight excluding hydrogens is 220 g/mol. The molecule has 0 bridgehead atoms. The zero-order valence-corrected chi connectivity index (χ0v) is 10.6. The normalized spacial score (nSPS) is 30.8. The molecule has 2 unspecified atom stereocenters. The first-order valence-electron chi connectivity index (χ1n) is 6.86. The molecule has 0 spiro atoms. The molecule has 2 aliphatic rings. The summed E-state index contributed by atoms with van der Waals surface area (Å²) in [5.41, 5.74) is 1.38. The Hall–Kier alpha value is -0.440. The van der Waals surface area contributed by atoms with E-state index in [-0.39, 0.29) is 24.8 Å². The summed E-state index contributed by atoms with van der Waals surface area (Å²) in [7, 11) is 1.91. The summed E-state index contributed by atoms with van der Waals surface area (Å²) in [5.74, 6) is -2.32. The van der Waals surface area contributed by atoms with Crippen molar-refractivity contribution in [3.8, 4) is 0 Å². The van der Waals surface area contributed by atoms with E-state index < -0.39 is 5.92 Å². The maximum Gasteiger partial charge on any atom is 0.248 e. The molecule has 2 atom stereocenters. The van der Waals surface area contributed by atoms with Gasteiger partial charge in [0, 0.05) is 18.9 Å². The van der Waals surface area contributed by atoms with Crippen LogP contribution in [0, 0.1) is 5.92 Å². The van der Waals surface area contributed by atoms with Crippen molar-refractivity contribution in [3.63, 3.8) is 0 Å². The van der Waals surface area contributed by atoms with Gasteiger partial charge in [-0.05, 0) is 51.5 Å². The van der Waals surface area contributed by atoms with Gasteiger partial charge in [0.25, 0.3) is 0 Å². The molecule has 98 valence electrons. The second kappa shape index (κ2) is 5.47.